The standard InChI is InChI=1S/C9H9FN2O6S/c1-5(9(13)14)19(17,18)11-7-3-2-6(10)4-8(7)12(15)16/h2-5,11H,1H3,(H,13,14). The maximum atomic E-state index is 12.9. The number of carboxylic acid groups (broad SMARTS) is 1. The number of sulfonamides is 1. The molecule has 0 fully saturated rings. The molecule has 0 saturated carbocycles. The number of hydrogen-bond donors (Lipinski definition) is 2. The molecule has 1 rings (SSSR count). The van der Waals surface area contributed by atoms with Crippen molar-refractivity contribution in [2.45, 2.75) is 12.2 Å². The van der Waals surface area contributed by atoms with E-state index < -0.39 is 43.4 Å². The second-order valence-corrected chi connectivity index (χ2v) is 5.55. The van der Waals surface area contributed by atoms with Gasteiger partial charge in [0.2, 0.25) is 10.0 Å². The van der Waals surface area contributed by atoms with E-state index in [1.54, 1.807) is 4.72 Å². The van der Waals surface area contributed by atoms with Crippen molar-refractivity contribution in [3.63, 3.8) is 0 Å². The Labute approximate surface area is 107 Å². The summed E-state index contributed by atoms with van der Waals surface area (Å²) in [4.78, 5) is 20.3. The molecule has 8 nitrogen and oxygen atoms in total. The van der Waals surface area contributed by atoms with Crippen molar-refractivity contribution in [1.82, 2.24) is 0 Å². The van der Waals surface area contributed by atoms with Gasteiger partial charge in [0, 0.05) is 0 Å². The van der Waals surface area contributed by atoms with E-state index in [-0.39, 0.29) is 0 Å². The Morgan fingerprint density at radius 3 is 2.58 bits per heavy atom. The van der Waals surface area contributed by atoms with Crippen LogP contribution < -0.4 is 4.72 Å². The predicted octanol–water partition coefficient (Wildman–Crippen LogP) is 0.949. The molecule has 104 valence electrons. The lowest BCUT2D eigenvalue weighted by atomic mass is 10.3. The molecule has 10 heteroatoms. The van der Waals surface area contributed by atoms with Crippen molar-refractivity contribution in [3.8, 4) is 0 Å². The predicted molar refractivity (Wildman–Crippen MR) is 62.7 cm³/mol. The van der Waals surface area contributed by atoms with Gasteiger partial charge in [0.05, 0.1) is 11.0 Å². The molecule has 0 aliphatic heterocycles. The molecule has 0 aliphatic carbocycles. The molecular formula is C9H9FN2O6S. The summed E-state index contributed by atoms with van der Waals surface area (Å²) in [5.41, 5.74) is -1.30. The fourth-order valence-electron chi connectivity index (χ4n) is 1.12. The number of hydrogen-bond acceptors (Lipinski definition) is 5. The molecule has 19 heavy (non-hydrogen) atoms. The summed E-state index contributed by atoms with van der Waals surface area (Å²) in [6, 6.07) is 2.19. The summed E-state index contributed by atoms with van der Waals surface area (Å²) < 4.78 is 37.8. The molecule has 0 bridgehead atoms. The Morgan fingerprint density at radius 2 is 2.11 bits per heavy atom. The van der Waals surface area contributed by atoms with Gasteiger partial charge in [0.15, 0.2) is 5.25 Å². The second-order valence-electron chi connectivity index (χ2n) is 3.55. The largest absolute Gasteiger partial charge is 0.480 e. The Morgan fingerprint density at radius 1 is 1.53 bits per heavy atom. The summed E-state index contributed by atoms with van der Waals surface area (Å²) in [5.74, 6) is -2.53. The number of aliphatic carboxylic acids is 1. The van der Waals surface area contributed by atoms with E-state index in [0.717, 1.165) is 19.1 Å². The summed E-state index contributed by atoms with van der Waals surface area (Å²) in [5, 5.41) is 17.4. The van der Waals surface area contributed by atoms with Gasteiger partial charge in [-0.3, -0.25) is 19.6 Å². The maximum absolute atomic E-state index is 12.9. The molecule has 1 atom stereocenters. The zero-order chi connectivity index (χ0) is 14.8. The lowest BCUT2D eigenvalue weighted by molar-refractivity contribution is -0.384. The van der Waals surface area contributed by atoms with Crippen LogP contribution >= 0.6 is 0 Å². The van der Waals surface area contributed by atoms with Crippen LogP contribution in [-0.4, -0.2) is 29.7 Å². The number of nitro benzene ring substituents is 1. The second kappa shape index (κ2) is 5.18. The average molecular weight is 292 g/mol. The minimum atomic E-state index is -4.36. The first-order valence-corrected chi connectivity index (χ1v) is 6.38. The molecule has 1 unspecified atom stereocenters. The van der Waals surface area contributed by atoms with E-state index in [1.165, 1.54) is 0 Å². The van der Waals surface area contributed by atoms with Crippen molar-refractivity contribution < 1.29 is 27.6 Å². The van der Waals surface area contributed by atoms with E-state index in [1.807, 2.05) is 0 Å². The Bertz CT molecular complexity index is 630. The van der Waals surface area contributed by atoms with Crippen LogP contribution in [-0.2, 0) is 14.8 Å². The molecule has 0 heterocycles. The number of anilines is 1. The zero-order valence-electron chi connectivity index (χ0n) is 9.53. The van der Waals surface area contributed by atoms with Gasteiger partial charge >= 0.3 is 5.97 Å². The van der Waals surface area contributed by atoms with Crippen LogP contribution in [0, 0.1) is 15.9 Å². The normalized spacial score (nSPS) is 12.7. The van der Waals surface area contributed by atoms with Gasteiger partial charge in [0.25, 0.3) is 5.69 Å². The molecule has 0 amide bonds. The quantitative estimate of drug-likeness (QED) is 0.614. The number of nitrogens with zero attached hydrogens (tertiary/aromatic N) is 1. The van der Waals surface area contributed by atoms with Crippen LogP contribution in [0.1, 0.15) is 6.92 Å². The van der Waals surface area contributed by atoms with Gasteiger partial charge < -0.3 is 5.11 Å². The van der Waals surface area contributed by atoms with Gasteiger partial charge in [-0.25, -0.2) is 12.8 Å². The van der Waals surface area contributed by atoms with Gasteiger partial charge in [-0.05, 0) is 19.1 Å². The van der Waals surface area contributed by atoms with Gasteiger partial charge in [-0.1, -0.05) is 0 Å². The molecule has 2 N–H and O–H groups in total. The number of carbonyl (C=O) groups is 1. The fraction of sp³-hybridized carbons (Fsp3) is 0.222. The molecule has 0 aliphatic rings. The monoisotopic (exact) mass is 292 g/mol. The van der Waals surface area contributed by atoms with Gasteiger partial charge in [-0.15, -0.1) is 0 Å². The average Bonchev–Trinajstić information content (AvgIpc) is 2.29. The first-order chi connectivity index (χ1) is 8.65. The van der Waals surface area contributed by atoms with E-state index in [4.69, 9.17) is 5.11 Å². The maximum Gasteiger partial charge on any atom is 0.323 e. The van der Waals surface area contributed by atoms with Crippen LogP contribution in [0.3, 0.4) is 0 Å². The number of halogens is 1. The van der Waals surface area contributed by atoms with Crippen LogP contribution in [0.25, 0.3) is 0 Å². The van der Waals surface area contributed by atoms with Crippen LogP contribution in [0.4, 0.5) is 15.8 Å². The number of benzene rings is 1. The van der Waals surface area contributed by atoms with E-state index >= 15 is 0 Å². The van der Waals surface area contributed by atoms with Crippen molar-refractivity contribution in [3.05, 3.63) is 34.1 Å². The van der Waals surface area contributed by atoms with Crippen molar-refractivity contribution in [2.24, 2.45) is 0 Å². The molecule has 1 aromatic carbocycles. The molecule has 1 aromatic rings. The highest BCUT2D eigenvalue weighted by molar-refractivity contribution is 7.94. The number of rotatable bonds is 5. The highest BCUT2D eigenvalue weighted by atomic mass is 32.2. The third-order valence-corrected chi connectivity index (χ3v) is 3.86. The molecule has 0 saturated heterocycles. The Balaban J connectivity index is 3.20. The van der Waals surface area contributed by atoms with Crippen molar-refractivity contribution in [2.75, 3.05) is 4.72 Å². The van der Waals surface area contributed by atoms with E-state index in [2.05, 4.69) is 0 Å². The van der Waals surface area contributed by atoms with Gasteiger partial charge in [-0.2, -0.15) is 0 Å². The summed E-state index contributed by atoms with van der Waals surface area (Å²) in [7, 11) is -4.36. The number of nitrogens with one attached hydrogen (secondary N) is 1. The van der Waals surface area contributed by atoms with Crippen molar-refractivity contribution in [1.29, 1.82) is 0 Å². The first-order valence-electron chi connectivity index (χ1n) is 4.83. The van der Waals surface area contributed by atoms with Crippen LogP contribution in [0.15, 0.2) is 18.2 Å². The lowest BCUT2D eigenvalue weighted by Crippen LogP contribution is -2.32. The summed E-state index contributed by atoms with van der Waals surface area (Å²) in [6.07, 6.45) is 0. The van der Waals surface area contributed by atoms with E-state index in [9.17, 15) is 27.7 Å². The first kappa shape index (κ1) is 14.8. The smallest absolute Gasteiger partial charge is 0.323 e. The topological polar surface area (TPSA) is 127 Å². The highest BCUT2D eigenvalue weighted by Gasteiger charge is 2.29. The summed E-state index contributed by atoms with van der Waals surface area (Å²) >= 11 is 0. The molecule has 0 radical (unpaired) electrons. The molecule has 0 aromatic heterocycles. The van der Waals surface area contributed by atoms with E-state index in [0.29, 0.717) is 6.07 Å². The van der Waals surface area contributed by atoms with Gasteiger partial charge in [0.1, 0.15) is 11.5 Å². The van der Waals surface area contributed by atoms with Crippen LogP contribution in [0.5, 0.6) is 0 Å². The third kappa shape index (κ3) is 3.37. The van der Waals surface area contributed by atoms with Crippen LogP contribution in [0.2, 0.25) is 0 Å². The highest BCUT2D eigenvalue weighted by Crippen LogP contribution is 2.26. The third-order valence-electron chi connectivity index (χ3n) is 2.22. The molecule has 0 spiro atoms. The minimum absolute atomic E-state index is 0.500. The minimum Gasteiger partial charge on any atom is -0.480 e. The fourth-order valence-corrected chi connectivity index (χ4v) is 2.04. The van der Waals surface area contributed by atoms with Crippen molar-refractivity contribution >= 4 is 27.4 Å². The zero-order valence-corrected chi connectivity index (χ0v) is 10.3. The Hall–Kier alpha value is -2.23. The number of nitro groups is 1. The SMILES string of the molecule is CC(C(=O)O)S(=O)(=O)Nc1ccc(F)cc1[N+](=O)[O-]. The Kier molecular flexibility index (Phi) is 4.04. The summed E-state index contributed by atoms with van der Waals surface area (Å²) in [6.45, 7) is 0.903. The number of carboxylic acids is 1. The lowest BCUT2D eigenvalue weighted by Gasteiger charge is -2.11. The molecular weight excluding hydrogens is 283 g/mol.